The standard InChI is InChI=1S/C12H9NO5S/c14-12(15)10-4-3-8(13(16)17)6-11(10)18-7-9-2-1-5-19-9/h1-6H,7H2,(H,14,15). The zero-order chi connectivity index (χ0) is 13.8. The van der Waals surface area contributed by atoms with Crippen LogP contribution in [0.25, 0.3) is 0 Å². The molecule has 0 fully saturated rings. The number of carboxylic acids is 1. The SMILES string of the molecule is O=C(O)c1ccc([N+](=O)[O-])cc1OCc1cccs1. The van der Waals surface area contributed by atoms with Crippen LogP contribution in [0.4, 0.5) is 5.69 Å². The molecule has 1 heterocycles. The van der Waals surface area contributed by atoms with Gasteiger partial charge in [-0.3, -0.25) is 10.1 Å². The molecule has 0 bridgehead atoms. The molecular formula is C12H9NO5S. The van der Waals surface area contributed by atoms with Crippen molar-refractivity contribution in [3.63, 3.8) is 0 Å². The Hall–Kier alpha value is -2.41. The molecular weight excluding hydrogens is 270 g/mol. The normalized spacial score (nSPS) is 10.1. The van der Waals surface area contributed by atoms with Crippen molar-refractivity contribution < 1.29 is 19.6 Å². The third-order valence-electron chi connectivity index (χ3n) is 2.36. The Kier molecular flexibility index (Phi) is 3.76. The van der Waals surface area contributed by atoms with Crippen LogP contribution in [0.15, 0.2) is 35.7 Å². The maximum atomic E-state index is 11.0. The number of nitrogens with zero attached hydrogens (tertiary/aromatic N) is 1. The van der Waals surface area contributed by atoms with Crippen LogP contribution >= 0.6 is 11.3 Å². The van der Waals surface area contributed by atoms with Gasteiger partial charge < -0.3 is 9.84 Å². The first-order valence-corrected chi connectivity index (χ1v) is 6.13. The van der Waals surface area contributed by atoms with Gasteiger partial charge in [-0.1, -0.05) is 6.07 Å². The lowest BCUT2D eigenvalue weighted by atomic mass is 10.2. The van der Waals surface area contributed by atoms with Crippen molar-refractivity contribution >= 4 is 23.0 Å². The molecule has 0 aliphatic heterocycles. The molecule has 0 unspecified atom stereocenters. The van der Waals surface area contributed by atoms with Gasteiger partial charge in [-0.25, -0.2) is 4.79 Å². The highest BCUT2D eigenvalue weighted by Gasteiger charge is 2.16. The lowest BCUT2D eigenvalue weighted by molar-refractivity contribution is -0.384. The number of non-ortho nitro benzene ring substituents is 1. The number of rotatable bonds is 5. The molecule has 1 aromatic heterocycles. The highest BCUT2D eigenvalue weighted by atomic mass is 32.1. The first-order chi connectivity index (χ1) is 9.08. The van der Waals surface area contributed by atoms with Gasteiger partial charge in [0, 0.05) is 10.9 Å². The predicted octanol–water partition coefficient (Wildman–Crippen LogP) is 2.93. The summed E-state index contributed by atoms with van der Waals surface area (Å²) in [5, 5.41) is 21.5. The van der Waals surface area contributed by atoms with Crippen molar-refractivity contribution in [3.05, 3.63) is 56.3 Å². The maximum Gasteiger partial charge on any atom is 0.339 e. The van der Waals surface area contributed by atoms with Crippen LogP contribution in [0.2, 0.25) is 0 Å². The number of carbonyl (C=O) groups is 1. The average Bonchev–Trinajstić information content (AvgIpc) is 2.88. The summed E-state index contributed by atoms with van der Waals surface area (Å²) in [7, 11) is 0. The molecule has 2 aromatic rings. The van der Waals surface area contributed by atoms with E-state index in [1.54, 1.807) is 0 Å². The molecule has 2 rings (SSSR count). The van der Waals surface area contributed by atoms with E-state index in [0.717, 1.165) is 17.0 Å². The van der Waals surface area contributed by atoms with Crippen LogP contribution in [0.1, 0.15) is 15.2 Å². The Morgan fingerprint density at radius 2 is 2.21 bits per heavy atom. The van der Waals surface area contributed by atoms with Crippen LogP contribution < -0.4 is 4.74 Å². The molecule has 0 saturated carbocycles. The average molecular weight is 279 g/mol. The second-order valence-corrected chi connectivity index (χ2v) is 4.64. The molecule has 0 aliphatic carbocycles. The van der Waals surface area contributed by atoms with E-state index in [-0.39, 0.29) is 23.6 Å². The summed E-state index contributed by atoms with van der Waals surface area (Å²) in [4.78, 5) is 22.0. The van der Waals surface area contributed by atoms with E-state index in [1.807, 2.05) is 17.5 Å². The molecule has 1 aromatic carbocycles. The number of benzene rings is 1. The minimum absolute atomic E-state index is 0.00454. The minimum atomic E-state index is -1.18. The lowest BCUT2D eigenvalue weighted by Gasteiger charge is -2.07. The molecule has 0 spiro atoms. The Labute approximate surface area is 112 Å². The van der Waals surface area contributed by atoms with Crippen molar-refractivity contribution in [2.75, 3.05) is 0 Å². The summed E-state index contributed by atoms with van der Waals surface area (Å²) in [6.07, 6.45) is 0. The Morgan fingerprint density at radius 1 is 1.42 bits per heavy atom. The third-order valence-corrected chi connectivity index (χ3v) is 3.21. The van der Waals surface area contributed by atoms with Gasteiger partial charge in [0.15, 0.2) is 0 Å². The molecule has 98 valence electrons. The number of carboxylic acid groups (broad SMARTS) is 1. The van der Waals surface area contributed by atoms with Gasteiger partial charge in [-0.05, 0) is 17.5 Å². The number of nitro benzene ring substituents is 1. The highest BCUT2D eigenvalue weighted by molar-refractivity contribution is 7.09. The van der Waals surface area contributed by atoms with E-state index in [0.29, 0.717) is 0 Å². The Bertz CT molecular complexity index is 609. The minimum Gasteiger partial charge on any atom is -0.487 e. The van der Waals surface area contributed by atoms with Gasteiger partial charge in [-0.2, -0.15) is 0 Å². The first kappa shape index (κ1) is 13.0. The topological polar surface area (TPSA) is 89.7 Å². The maximum absolute atomic E-state index is 11.0. The van der Waals surface area contributed by atoms with Gasteiger partial charge in [0.05, 0.1) is 11.0 Å². The molecule has 0 saturated heterocycles. The summed E-state index contributed by atoms with van der Waals surface area (Å²) in [6.45, 7) is 0.180. The summed E-state index contributed by atoms with van der Waals surface area (Å²) < 4.78 is 5.36. The number of hydrogen-bond donors (Lipinski definition) is 1. The second-order valence-electron chi connectivity index (χ2n) is 3.61. The van der Waals surface area contributed by atoms with Crippen LogP contribution in [0.3, 0.4) is 0 Å². The Balaban J connectivity index is 2.27. The van der Waals surface area contributed by atoms with E-state index in [1.165, 1.54) is 17.4 Å². The van der Waals surface area contributed by atoms with E-state index in [4.69, 9.17) is 9.84 Å². The summed E-state index contributed by atoms with van der Waals surface area (Å²) in [6, 6.07) is 7.11. The monoisotopic (exact) mass is 279 g/mol. The highest BCUT2D eigenvalue weighted by Crippen LogP contribution is 2.26. The van der Waals surface area contributed by atoms with Crippen LogP contribution in [0, 0.1) is 10.1 Å². The fourth-order valence-corrected chi connectivity index (χ4v) is 2.08. The van der Waals surface area contributed by atoms with Gasteiger partial charge in [0.25, 0.3) is 5.69 Å². The number of nitro groups is 1. The molecule has 1 N–H and O–H groups in total. The number of hydrogen-bond acceptors (Lipinski definition) is 5. The van der Waals surface area contributed by atoms with Crippen LogP contribution in [-0.4, -0.2) is 16.0 Å². The van der Waals surface area contributed by atoms with E-state index in [2.05, 4.69) is 0 Å². The fourth-order valence-electron chi connectivity index (χ4n) is 1.46. The second kappa shape index (κ2) is 5.49. The molecule has 19 heavy (non-hydrogen) atoms. The van der Waals surface area contributed by atoms with E-state index in [9.17, 15) is 14.9 Å². The van der Waals surface area contributed by atoms with Crippen molar-refractivity contribution in [1.82, 2.24) is 0 Å². The molecule has 0 aliphatic rings. The fraction of sp³-hybridized carbons (Fsp3) is 0.0833. The van der Waals surface area contributed by atoms with Crippen LogP contribution in [0.5, 0.6) is 5.75 Å². The molecule has 0 atom stereocenters. The van der Waals surface area contributed by atoms with Crippen molar-refractivity contribution in [2.24, 2.45) is 0 Å². The summed E-state index contributed by atoms with van der Waals surface area (Å²) in [5.41, 5.74) is -0.298. The number of ether oxygens (including phenoxy) is 1. The summed E-state index contributed by atoms with van der Waals surface area (Å²) in [5.74, 6) is -1.19. The van der Waals surface area contributed by atoms with Crippen molar-refractivity contribution in [2.45, 2.75) is 6.61 Å². The molecule has 6 nitrogen and oxygen atoms in total. The zero-order valence-corrected chi connectivity index (χ0v) is 10.4. The van der Waals surface area contributed by atoms with E-state index >= 15 is 0 Å². The third kappa shape index (κ3) is 3.08. The largest absolute Gasteiger partial charge is 0.487 e. The Morgan fingerprint density at radius 3 is 2.79 bits per heavy atom. The van der Waals surface area contributed by atoms with Gasteiger partial charge >= 0.3 is 5.97 Å². The number of aromatic carboxylic acids is 1. The zero-order valence-electron chi connectivity index (χ0n) is 9.61. The number of thiophene rings is 1. The van der Waals surface area contributed by atoms with Crippen LogP contribution in [-0.2, 0) is 6.61 Å². The van der Waals surface area contributed by atoms with Crippen molar-refractivity contribution in [3.8, 4) is 5.75 Å². The lowest BCUT2D eigenvalue weighted by Crippen LogP contribution is -2.03. The molecule has 0 amide bonds. The smallest absolute Gasteiger partial charge is 0.339 e. The van der Waals surface area contributed by atoms with E-state index < -0.39 is 10.9 Å². The first-order valence-electron chi connectivity index (χ1n) is 5.25. The van der Waals surface area contributed by atoms with Gasteiger partial charge in [-0.15, -0.1) is 11.3 Å². The van der Waals surface area contributed by atoms with Crippen molar-refractivity contribution in [1.29, 1.82) is 0 Å². The summed E-state index contributed by atoms with van der Waals surface area (Å²) >= 11 is 1.46. The quantitative estimate of drug-likeness (QED) is 0.671. The van der Waals surface area contributed by atoms with Gasteiger partial charge in [0.2, 0.25) is 0 Å². The van der Waals surface area contributed by atoms with Gasteiger partial charge in [0.1, 0.15) is 17.9 Å². The molecule has 0 radical (unpaired) electrons. The molecule has 7 heteroatoms. The predicted molar refractivity (Wildman–Crippen MR) is 68.7 cm³/mol.